The first kappa shape index (κ1) is 12.8. The van der Waals surface area contributed by atoms with Gasteiger partial charge >= 0.3 is 5.97 Å². The molecule has 0 unspecified atom stereocenters. The Morgan fingerprint density at radius 3 is 2.69 bits per heavy atom. The zero-order chi connectivity index (χ0) is 12.3. The number of hydrogen-bond acceptors (Lipinski definition) is 3. The molecule has 0 aliphatic rings. The van der Waals surface area contributed by atoms with Gasteiger partial charge in [-0.05, 0) is 18.1 Å². The lowest BCUT2D eigenvalue weighted by atomic mass is 10.0. The first-order chi connectivity index (χ1) is 7.52. The van der Waals surface area contributed by atoms with Gasteiger partial charge in [-0.15, -0.1) is 11.6 Å². The summed E-state index contributed by atoms with van der Waals surface area (Å²) < 4.78 is 29.7. The third-order valence-electron chi connectivity index (χ3n) is 2.24. The molecule has 0 aliphatic carbocycles. The normalized spacial score (nSPS) is 10.6. The summed E-state index contributed by atoms with van der Waals surface area (Å²) >= 11 is 5.59. The molecule has 3 nitrogen and oxygen atoms in total. The summed E-state index contributed by atoms with van der Waals surface area (Å²) in [6.07, 6.45) is -1.70. The van der Waals surface area contributed by atoms with E-state index in [-0.39, 0.29) is 22.7 Å². The van der Waals surface area contributed by atoms with E-state index in [0.29, 0.717) is 5.56 Å². The molecule has 1 aromatic rings. The maximum absolute atomic E-state index is 12.6. The van der Waals surface area contributed by atoms with Crippen LogP contribution in [0.15, 0.2) is 6.20 Å². The molecule has 88 valence electrons. The number of carbonyl (C=O) groups is 1. The topological polar surface area (TPSA) is 39.2 Å². The first-order valence-electron chi connectivity index (χ1n) is 4.43. The van der Waals surface area contributed by atoms with Crippen LogP contribution in [0.25, 0.3) is 0 Å². The smallest absolute Gasteiger partial charge is 0.356 e. The Bertz CT molecular complexity index is 410. The highest BCUT2D eigenvalue weighted by Gasteiger charge is 2.20. The van der Waals surface area contributed by atoms with Gasteiger partial charge in [0.2, 0.25) is 0 Å². The molecule has 1 heterocycles. The van der Waals surface area contributed by atoms with Crippen LogP contribution in [0, 0.1) is 6.92 Å². The number of methoxy groups -OCH3 is 1. The summed E-state index contributed by atoms with van der Waals surface area (Å²) in [7, 11) is 1.20. The lowest BCUT2D eigenvalue weighted by Gasteiger charge is -2.11. The van der Waals surface area contributed by atoms with Gasteiger partial charge in [0.05, 0.1) is 7.11 Å². The second-order valence-electron chi connectivity index (χ2n) is 3.09. The van der Waals surface area contributed by atoms with Crippen LogP contribution in [0.4, 0.5) is 8.78 Å². The molecule has 0 saturated carbocycles. The SMILES string of the molecule is COC(=O)c1ncc(C(F)F)c(CCl)c1C. The van der Waals surface area contributed by atoms with Gasteiger partial charge < -0.3 is 4.74 Å². The van der Waals surface area contributed by atoms with Crippen molar-refractivity contribution in [3.05, 3.63) is 28.6 Å². The van der Waals surface area contributed by atoms with E-state index in [1.165, 1.54) is 14.0 Å². The van der Waals surface area contributed by atoms with E-state index in [1.54, 1.807) is 0 Å². The van der Waals surface area contributed by atoms with Crippen LogP contribution in [0.1, 0.15) is 33.6 Å². The highest BCUT2D eigenvalue weighted by Crippen LogP contribution is 2.27. The Hall–Kier alpha value is -1.23. The van der Waals surface area contributed by atoms with Gasteiger partial charge in [0.1, 0.15) is 0 Å². The number of esters is 1. The lowest BCUT2D eigenvalue weighted by Crippen LogP contribution is -2.10. The number of hydrogen-bond donors (Lipinski definition) is 0. The fourth-order valence-electron chi connectivity index (χ4n) is 1.34. The summed E-state index contributed by atoms with van der Waals surface area (Å²) in [6.45, 7) is 1.52. The predicted octanol–water partition coefficient (Wildman–Crippen LogP) is 2.85. The molecule has 0 radical (unpaired) electrons. The van der Waals surface area contributed by atoms with Crippen molar-refractivity contribution in [1.29, 1.82) is 0 Å². The van der Waals surface area contributed by atoms with Crippen molar-refractivity contribution < 1.29 is 18.3 Å². The molecule has 0 bridgehead atoms. The van der Waals surface area contributed by atoms with Crippen LogP contribution in [0.5, 0.6) is 0 Å². The third-order valence-corrected chi connectivity index (χ3v) is 2.50. The van der Waals surface area contributed by atoms with E-state index in [9.17, 15) is 13.6 Å². The number of ether oxygens (including phenoxy) is 1. The van der Waals surface area contributed by atoms with Gasteiger partial charge in [0.15, 0.2) is 5.69 Å². The molecule has 0 spiro atoms. The minimum Gasteiger partial charge on any atom is -0.464 e. The van der Waals surface area contributed by atoms with Crippen molar-refractivity contribution in [1.82, 2.24) is 4.98 Å². The largest absolute Gasteiger partial charge is 0.464 e. The standard InChI is InChI=1S/C10H10ClF2NO2/c1-5-6(3-11)7(9(12)13)4-14-8(5)10(15)16-2/h4,9H,3H2,1-2H3. The van der Waals surface area contributed by atoms with Crippen molar-refractivity contribution in [2.45, 2.75) is 19.2 Å². The van der Waals surface area contributed by atoms with E-state index in [1.807, 2.05) is 0 Å². The molecule has 1 rings (SSSR count). The van der Waals surface area contributed by atoms with Gasteiger partial charge in [0.25, 0.3) is 6.43 Å². The molecule has 1 aromatic heterocycles. The number of alkyl halides is 3. The molecular weight excluding hydrogens is 240 g/mol. The van der Waals surface area contributed by atoms with Crippen LogP contribution in [0.3, 0.4) is 0 Å². The van der Waals surface area contributed by atoms with Crippen molar-refractivity contribution in [2.24, 2.45) is 0 Å². The second-order valence-corrected chi connectivity index (χ2v) is 3.36. The van der Waals surface area contributed by atoms with Crippen LogP contribution in [-0.2, 0) is 10.6 Å². The van der Waals surface area contributed by atoms with Gasteiger partial charge in [-0.2, -0.15) is 0 Å². The molecule has 0 atom stereocenters. The fraction of sp³-hybridized carbons (Fsp3) is 0.400. The monoisotopic (exact) mass is 249 g/mol. The molecule has 0 N–H and O–H groups in total. The van der Waals surface area contributed by atoms with Gasteiger partial charge in [-0.1, -0.05) is 0 Å². The molecule has 0 aromatic carbocycles. The van der Waals surface area contributed by atoms with Crippen LogP contribution in [0.2, 0.25) is 0 Å². The lowest BCUT2D eigenvalue weighted by molar-refractivity contribution is 0.0592. The van der Waals surface area contributed by atoms with Gasteiger partial charge in [0, 0.05) is 17.6 Å². The van der Waals surface area contributed by atoms with E-state index < -0.39 is 12.4 Å². The molecule has 6 heteroatoms. The molecule has 0 amide bonds. The van der Waals surface area contributed by atoms with Crippen molar-refractivity contribution >= 4 is 17.6 Å². The number of pyridine rings is 1. The van der Waals surface area contributed by atoms with Crippen molar-refractivity contribution in [3.8, 4) is 0 Å². The maximum atomic E-state index is 12.6. The van der Waals surface area contributed by atoms with Gasteiger partial charge in [-0.3, -0.25) is 0 Å². The Labute approximate surface area is 96.4 Å². The van der Waals surface area contributed by atoms with E-state index >= 15 is 0 Å². The quantitative estimate of drug-likeness (QED) is 0.611. The minimum absolute atomic E-state index is 0.0163. The average Bonchev–Trinajstić information content (AvgIpc) is 2.27. The first-order valence-corrected chi connectivity index (χ1v) is 4.97. The summed E-state index contributed by atoms with van der Waals surface area (Å²) in [6, 6.07) is 0. The number of aromatic nitrogens is 1. The van der Waals surface area contributed by atoms with Crippen LogP contribution >= 0.6 is 11.6 Å². The summed E-state index contributed by atoms with van der Waals surface area (Å²) in [5, 5.41) is 0. The van der Waals surface area contributed by atoms with E-state index in [2.05, 4.69) is 9.72 Å². The Morgan fingerprint density at radius 2 is 2.25 bits per heavy atom. The number of halogens is 3. The summed E-state index contributed by atoms with van der Waals surface area (Å²) in [5.41, 5.74) is 0.328. The molecule has 0 aliphatic heterocycles. The Balaban J connectivity index is 3.34. The maximum Gasteiger partial charge on any atom is 0.356 e. The summed E-state index contributed by atoms with van der Waals surface area (Å²) in [5.74, 6) is -0.762. The molecule has 0 fully saturated rings. The third kappa shape index (κ3) is 2.29. The number of nitrogens with zero attached hydrogens (tertiary/aromatic N) is 1. The van der Waals surface area contributed by atoms with E-state index in [4.69, 9.17) is 11.6 Å². The predicted molar refractivity (Wildman–Crippen MR) is 54.8 cm³/mol. The molecular formula is C10H10ClF2NO2. The van der Waals surface area contributed by atoms with Crippen LogP contribution < -0.4 is 0 Å². The minimum atomic E-state index is -2.66. The van der Waals surface area contributed by atoms with Gasteiger partial charge in [-0.25, -0.2) is 18.6 Å². The van der Waals surface area contributed by atoms with E-state index in [0.717, 1.165) is 6.20 Å². The van der Waals surface area contributed by atoms with Crippen molar-refractivity contribution in [2.75, 3.05) is 7.11 Å². The Kier molecular flexibility index (Phi) is 4.18. The second kappa shape index (κ2) is 5.21. The molecule has 16 heavy (non-hydrogen) atoms. The average molecular weight is 250 g/mol. The fourth-order valence-corrected chi connectivity index (χ4v) is 1.69. The summed E-state index contributed by atoms with van der Waals surface area (Å²) in [4.78, 5) is 14.9. The van der Waals surface area contributed by atoms with Crippen molar-refractivity contribution in [3.63, 3.8) is 0 Å². The number of rotatable bonds is 3. The highest BCUT2D eigenvalue weighted by molar-refractivity contribution is 6.17. The van der Waals surface area contributed by atoms with Crippen LogP contribution in [-0.4, -0.2) is 18.1 Å². The Morgan fingerprint density at radius 1 is 1.62 bits per heavy atom. The highest BCUT2D eigenvalue weighted by atomic mass is 35.5. The zero-order valence-electron chi connectivity index (χ0n) is 8.76. The molecule has 0 saturated heterocycles. The number of carbonyl (C=O) groups excluding carboxylic acids is 1. The zero-order valence-corrected chi connectivity index (χ0v) is 9.52.